The van der Waals surface area contributed by atoms with Crippen molar-refractivity contribution in [2.45, 2.75) is 19.1 Å². The van der Waals surface area contributed by atoms with Crippen LogP contribution >= 0.6 is 11.8 Å². The van der Waals surface area contributed by atoms with Gasteiger partial charge in [-0.05, 0) is 18.1 Å². The monoisotopic (exact) mass is 292 g/mol. The Morgan fingerprint density at radius 1 is 1.45 bits per heavy atom. The molecule has 2 atom stereocenters. The number of ether oxygens (including phenoxy) is 1. The van der Waals surface area contributed by atoms with E-state index in [1.807, 2.05) is 17.0 Å². The van der Waals surface area contributed by atoms with Crippen LogP contribution in [-0.4, -0.2) is 48.2 Å². The first-order valence-electron chi connectivity index (χ1n) is 7.03. The van der Waals surface area contributed by atoms with E-state index in [1.165, 1.54) is 11.1 Å². The Morgan fingerprint density at radius 2 is 2.30 bits per heavy atom. The molecular weight excluding hydrogens is 272 g/mol. The molecule has 2 aliphatic rings. The molecule has 2 fully saturated rings. The number of carbonyl (C=O) groups is 1. The summed E-state index contributed by atoms with van der Waals surface area (Å²) in [6.45, 7) is 4.07. The molecule has 3 rings (SSSR count). The van der Waals surface area contributed by atoms with Crippen molar-refractivity contribution in [1.29, 1.82) is 0 Å². The highest BCUT2D eigenvalue weighted by molar-refractivity contribution is 7.99. The lowest BCUT2D eigenvalue weighted by Gasteiger charge is -2.35. The molecule has 0 spiro atoms. The van der Waals surface area contributed by atoms with Gasteiger partial charge in [0.25, 0.3) is 0 Å². The lowest BCUT2D eigenvalue weighted by atomic mass is 10.0. The fourth-order valence-corrected chi connectivity index (χ4v) is 3.69. The molecular formula is C15H20N2O2S. The summed E-state index contributed by atoms with van der Waals surface area (Å²) in [5, 5.41) is 3.25. The van der Waals surface area contributed by atoms with E-state index in [2.05, 4.69) is 24.4 Å². The van der Waals surface area contributed by atoms with Gasteiger partial charge in [0.1, 0.15) is 6.10 Å². The summed E-state index contributed by atoms with van der Waals surface area (Å²) in [6.07, 6.45) is 0.00274. The molecule has 0 saturated carbocycles. The maximum Gasteiger partial charge on any atom is 0.240 e. The fourth-order valence-electron chi connectivity index (χ4n) is 2.76. The predicted octanol–water partition coefficient (Wildman–Crippen LogP) is 1.56. The Morgan fingerprint density at radius 3 is 3.05 bits per heavy atom. The molecule has 4 nitrogen and oxygen atoms in total. The third-order valence-electron chi connectivity index (χ3n) is 3.93. The molecule has 2 saturated heterocycles. The van der Waals surface area contributed by atoms with Crippen LogP contribution in [0.3, 0.4) is 0 Å². The maximum absolute atomic E-state index is 12.5. The van der Waals surface area contributed by atoms with Gasteiger partial charge in [0.15, 0.2) is 0 Å². The SMILES string of the molecule is Cc1ccccc1[C@H]1CN(C(=O)[C@@H]2CSCN2)CCO1. The van der Waals surface area contributed by atoms with E-state index in [0.717, 1.165) is 11.6 Å². The van der Waals surface area contributed by atoms with Crippen LogP contribution < -0.4 is 5.32 Å². The number of amides is 1. The molecule has 20 heavy (non-hydrogen) atoms. The minimum atomic E-state index is -0.0179. The highest BCUT2D eigenvalue weighted by Gasteiger charge is 2.31. The quantitative estimate of drug-likeness (QED) is 0.898. The summed E-state index contributed by atoms with van der Waals surface area (Å²) in [5.74, 6) is 1.98. The van der Waals surface area contributed by atoms with E-state index in [0.29, 0.717) is 19.7 Å². The second-order valence-electron chi connectivity index (χ2n) is 5.27. The molecule has 5 heteroatoms. The van der Waals surface area contributed by atoms with Crippen molar-refractivity contribution in [3.05, 3.63) is 35.4 Å². The van der Waals surface area contributed by atoms with Crippen molar-refractivity contribution < 1.29 is 9.53 Å². The van der Waals surface area contributed by atoms with Gasteiger partial charge in [0, 0.05) is 18.2 Å². The molecule has 1 aromatic rings. The van der Waals surface area contributed by atoms with Gasteiger partial charge in [-0.15, -0.1) is 11.8 Å². The second-order valence-corrected chi connectivity index (χ2v) is 6.30. The molecule has 0 unspecified atom stereocenters. The number of hydrogen-bond donors (Lipinski definition) is 1. The summed E-state index contributed by atoms with van der Waals surface area (Å²) in [7, 11) is 0. The van der Waals surface area contributed by atoms with Crippen LogP contribution in [0.25, 0.3) is 0 Å². The van der Waals surface area contributed by atoms with Crippen LogP contribution in [0.15, 0.2) is 24.3 Å². The largest absolute Gasteiger partial charge is 0.370 e. The molecule has 2 aliphatic heterocycles. The minimum absolute atomic E-state index is 0.00274. The molecule has 2 heterocycles. The zero-order chi connectivity index (χ0) is 13.9. The Balaban J connectivity index is 1.70. The van der Waals surface area contributed by atoms with E-state index < -0.39 is 0 Å². The first-order valence-corrected chi connectivity index (χ1v) is 8.18. The third kappa shape index (κ3) is 2.85. The molecule has 1 N–H and O–H groups in total. The normalized spacial score (nSPS) is 26.8. The number of hydrogen-bond acceptors (Lipinski definition) is 4. The van der Waals surface area contributed by atoms with E-state index in [9.17, 15) is 4.79 Å². The molecule has 1 amide bonds. The van der Waals surface area contributed by atoms with Crippen LogP contribution in [0.2, 0.25) is 0 Å². The zero-order valence-electron chi connectivity index (χ0n) is 11.7. The Kier molecular flexibility index (Phi) is 4.29. The van der Waals surface area contributed by atoms with Gasteiger partial charge in [0.05, 0.1) is 19.2 Å². The van der Waals surface area contributed by atoms with Gasteiger partial charge in [-0.1, -0.05) is 24.3 Å². The highest BCUT2D eigenvalue weighted by atomic mass is 32.2. The van der Waals surface area contributed by atoms with Gasteiger partial charge in [-0.2, -0.15) is 0 Å². The van der Waals surface area contributed by atoms with E-state index >= 15 is 0 Å². The van der Waals surface area contributed by atoms with Crippen molar-refractivity contribution in [2.75, 3.05) is 31.3 Å². The van der Waals surface area contributed by atoms with E-state index in [1.54, 1.807) is 11.8 Å². The lowest BCUT2D eigenvalue weighted by Crippen LogP contribution is -2.50. The van der Waals surface area contributed by atoms with Gasteiger partial charge < -0.3 is 9.64 Å². The second kappa shape index (κ2) is 6.16. The van der Waals surface area contributed by atoms with Crippen molar-refractivity contribution in [3.63, 3.8) is 0 Å². The summed E-state index contributed by atoms with van der Waals surface area (Å²) in [4.78, 5) is 14.4. The number of thioether (sulfide) groups is 1. The number of nitrogens with one attached hydrogen (secondary N) is 1. The minimum Gasteiger partial charge on any atom is -0.370 e. The topological polar surface area (TPSA) is 41.6 Å². The van der Waals surface area contributed by atoms with Gasteiger partial charge in [0.2, 0.25) is 5.91 Å². The molecule has 0 aliphatic carbocycles. The summed E-state index contributed by atoms with van der Waals surface area (Å²) < 4.78 is 5.87. The van der Waals surface area contributed by atoms with Crippen molar-refractivity contribution in [2.24, 2.45) is 0 Å². The number of carbonyl (C=O) groups excluding carboxylic acids is 1. The van der Waals surface area contributed by atoms with E-state index in [4.69, 9.17) is 4.74 Å². The van der Waals surface area contributed by atoms with Crippen molar-refractivity contribution in [1.82, 2.24) is 10.2 Å². The lowest BCUT2D eigenvalue weighted by molar-refractivity contribution is -0.140. The van der Waals surface area contributed by atoms with Crippen LogP contribution in [0.1, 0.15) is 17.2 Å². The summed E-state index contributed by atoms with van der Waals surface area (Å²) in [6, 6.07) is 8.23. The summed E-state index contributed by atoms with van der Waals surface area (Å²) >= 11 is 1.78. The highest BCUT2D eigenvalue weighted by Crippen LogP contribution is 2.25. The molecule has 0 aromatic heterocycles. The third-order valence-corrected chi connectivity index (χ3v) is 4.87. The summed E-state index contributed by atoms with van der Waals surface area (Å²) in [5.41, 5.74) is 2.42. The predicted molar refractivity (Wildman–Crippen MR) is 80.7 cm³/mol. The van der Waals surface area contributed by atoms with Gasteiger partial charge in [-0.25, -0.2) is 0 Å². The van der Waals surface area contributed by atoms with Gasteiger partial charge >= 0.3 is 0 Å². The zero-order valence-corrected chi connectivity index (χ0v) is 12.5. The van der Waals surface area contributed by atoms with Crippen LogP contribution in [0.4, 0.5) is 0 Å². The molecule has 108 valence electrons. The number of aryl methyl sites for hydroxylation is 1. The fraction of sp³-hybridized carbons (Fsp3) is 0.533. The van der Waals surface area contributed by atoms with Crippen LogP contribution in [0.5, 0.6) is 0 Å². The van der Waals surface area contributed by atoms with Crippen LogP contribution in [-0.2, 0) is 9.53 Å². The van der Waals surface area contributed by atoms with E-state index in [-0.39, 0.29) is 18.1 Å². The van der Waals surface area contributed by atoms with Gasteiger partial charge in [-0.3, -0.25) is 10.1 Å². The van der Waals surface area contributed by atoms with Crippen molar-refractivity contribution in [3.8, 4) is 0 Å². The number of morpholine rings is 1. The molecule has 0 radical (unpaired) electrons. The number of rotatable bonds is 2. The average Bonchev–Trinajstić information content (AvgIpc) is 3.01. The maximum atomic E-state index is 12.5. The van der Waals surface area contributed by atoms with Crippen LogP contribution in [0, 0.1) is 6.92 Å². The molecule has 0 bridgehead atoms. The number of benzene rings is 1. The molecule has 1 aromatic carbocycles. The standard InChI is InChI=1S/C15H20N2O2S/c1-11-4-2-3-5-12(11)14-8-17(6-7-19-14)15(18)13-9-20-10-16-13/h2-5,13-14,16H,6-10H2,1H3/t13-,14+/m0/s1. The average molecular weight is 292 g/mol. The first kappa shape index (κ1) is 13.9. The number of nitrogens with zero attached hydrogens (tertiary/aromatic N) is 1. The van der Waals surface area contributed by atoms with Crippen molar-refractivity contribution >= 4 is 17.7 Å². The Hall–Kier alpha value is -1.04. The smallest absolute Gasteiger partial charge is 0.240 e. The Bertz CT molecular complexity index is 489. The Labute approximate surface area is 123 Å². The first-order chi connectivity index (χ1) is 9.75.